The number of fused-ring (bicyclic) bond motifs is 3. The van der Waals surface area contributed by atoms with Crippen LogP contribution < -0.4 is 15.2 Å². The van der Waals surface area contributed by atoms with Crippen molar-refractivity contribution in [3.63, 3.8) is 0 Å². The predicted octanol–water partition coefficient (Wildman–Crippen LogP) is 5.33. The van der Waals surface area contributed by atoms with Gasteiger partial charge in [-0.2, -0.15) is 0 Å². The minimum Gasteiger partial charge on any atom is -0.481 e. The maximum atomic E-state index is 12.6. The largest absolute Gasteiger partial charge is 0.481 e. The summed E-state index contributed by atoms with van der Waals surface area (Å²) in [6.07, 6.45) is 3.38. The number of nitrogens with two attached hydrogens (primary N) is 1. The molecule has 7 nitrogen and oxygen atoms in total. The zero-order valence-corrected chi connectivity index (χ0v) is 20.8. The first-order valence-corrected chi connectivity index (χ1v) is 12.5. The Kier molecular flexibility index (Phi) is 7.12. The van der Waals surface area contributed by atoms with E-state index >= 15 is 0 Å². The van der Waals surface area contributed by atoms with Crippen LogP contribution in [0.4, 0.5) is 0 Å². The molecule has 190 valence electrons. The number of carbonyl (C=O) groups excluding carboxylic acids is 2. The lowest BCUT2D eigenvalue weighted by molar-refractivity contribution is -0.142. The molecule has 1 amide bonds. The van der Waals surface area contributed by atoms with Gasteiger partial charge in [0, 0.05) is 17.6 Å². The van der Waals surface area contributed by atoms with E-state index in [1.807, 2.05) is 66.7 Å². The maximum absolute atomic E-state index is 12.6. The molecule has 0 spiro atoms. The molecular weight excluding hydrogens is 468 g/mol. The van der Waals surface area contributed by atoms with Gasteiger partial charge in [-0.05, 0) is 66.8 Å². The van der Waals surface area contributed by atoms with Crippen LogP contribution in [0, 0.1) is 0 Å². The van der Waals surface area contributed by atoms with E-state index in [1.54, 1.807) is 0 Å². The second-order valence-corrected chi connectivity index (χ2v) is 9.22. The first kappa shape index (κ1) is 24.4. The van der Waals surface area contributed by atoms with Gasteiger partial charge in [0.2, 0.25) is 5.91 Å². The Morgan fingerprint density at radius 3 is 2.54 bits per heavy atom. The van der Waals surface area contributed by atoms with Crippen LogP contribution in [-0.4, -0.2) is 30.2 Å². The highest BCUT2D eigenvalue weighted by molar-refractivity contribution is 5.97. The Morgan fingerprint density at radius 1 is 0.973 bits per heavy atom. The second kappa shape index (κ2) is 10.8. The summed E-state index contributed by atoms with van der Waals surface area (Å²) in [6, 6.07) is 23.4. The SMILES string of the molecule is COC(=O)COc1cccc2c1c1c(n2Cc2cccc(Oc3ccccc3)c2)CCCCC1C(N)=O. The molecule has 0 saturated carbocycles. The molecule has 2 N–H and O–H groups in total. The average Bonchev–Trinajstić information content (AvgIpc) is 3.06. The maximum Gasteiger partial charge on any atom is 0.343 e. The summed E-state index contributed by atoms with van der Waals surface area (Å²) >= 11 is 0. The summed E-state index contributed by atoms with van der Waals surface area (Å²) in [5.41, 5.74) is 9.91. The van der Waals surface area contributed by atoms with Crippen molar-refractivity contribution in [1.82, 2.24) is 4.57 Å². The number of amides is 1. The Labute approximate surface area is 215 Å². The van der Waals surface area contributed by atoms with Crippen molar-refractivity contribution in [2.24, 2.45) is 5.73 Å². The number of hydrogen-bond donors (Lipinski definition) is 1. The normalized spacial score (nSPS) is 15.0. The van der Waals surface area contributed by atoms with E-state index in [0.29, 0.717) is 18.7 Å². The molecule has 1 aromatic heterocycles. The molecule has 0 aliphatic heterocycles. The first-order chi connectivity index (χ1) is 18.0. The van der Waals surface area contributed by atoms with Gasteiger partial charge in [-0.25, -0.2) is 4.79 Å². The summed E-state index contributed by atoms with van der Waals surface area (Å²) in [5.74, 6) is 0.844. The number of para-hydroxylation sites is 1. The van der Waals surface area contributed by atoms with Crippen molar-refractivity contribution in [3.8, 4) is 17.2 Å². The average molecular weight is 499 g/mol. The van der Waals surface area contributed by atoms with Gasteiger partial charge in [-0.3, -0.25) is 4.79 Å². The third-order valence-corrected chi connectivity index (χ3v) is 6.84. The second-order valence-electron chi connectivity index (χ2n) is 9.22. The fourth-order valence-electron chi connectivity index (χ4n) is 5.18. The van der Waals surface area contributed by atoms with Crippen LogP contribution in [0.15, 0.2) is 72.8 Å². The number of rotatable bonds is 8. The fourth-order valence-corrected chi connectivity index (χ4v) is 5.18. The van der Waals surface area contributed by atoms with Gasteiger partial charge in [0.15, 0.2) is 6.61 Å². The summed E-state index contributed by atoms with van der Waals surface area (Å²) in [4.78, 5) is 24.4. The molecule has 0 radical (unpaired) electrons. The summed E-state index contributed by atoms with van der Waals surface area (Å²) in [5, 5.41) is 0.837. The van der Waals surface area contributed by atoms with Crippen LogP contribution in [0.5, 0.6) is 17.2 Å². The lowest BCUT2D eigenvalue weighted by Gasteiger charge is -2.14. The minimum atomic E-state index is -0.468. The third kappa shape index (κ3) is 5.16. The van der Waals surface area contributed by atoms with E-state index < -0.39 is 11.9 Å². The predicted molar refractivity (Wildman–Crippen MR) is 141 cm³/mol. The Bertz CT molecular complexity index is 1430. The number of primary amides is 1. The Balaban J connectivity index is 1.59. The molecular formula is C30H30N2O5. The van der Waals surface area contributed by atoms with Crippen LogP contribution in [0.2, 0.25) is 0 Å². The molecule has 0 fully saturated rings. The first-order valence-electron chi connectivity index (χ1n) is 12.5. The van der Waals surface area contributed by atoms with Crippen LogP contribution in [-0.2, 0) is 27.3 Å². The number of benzene rings is 3. The standard InChI is InChI=1S/C30H30N2O5/c1-35-27(33)19-36-26-16-8-15-25-29(26)28-23(30(31)34)13-5-6-14-24(28)32(25)18-20-9-7-12-22(17-20)37-21-10-3-2-4-11-21/h2-4,7-12,15-17,23H,5-6,13-14,18-19H2,1H3,(H2,31,34). The zero-order valence-electron chi connectivity index (χ0n) is 20.8. The Hall–Kier alpha value is -4.26. The van der Waals surface area contributed by atoms with E-state index in [1.165, 1.54) is 7.11 Å². The lowest BCUT2D eigenvalue weighted by Crippen LogP contribution is -2.21. The van der Waals surface area contributed by atoms with E-state index in [0.717, 1.165) is 58.5 Å². The quantitative estimate of drug-likeness (QED) is 0.262. The fraction of sp³-hybridized carbons (Fsp3) is 0.267. The third-order valence-electron chi connectivity index (χ3n) is 6.84. The summed E-state index contributed by atoms with van der Waals surface area (Å²) in [7, 11) is 1.33. The smallest absolute Gasteiger partial charge is 0.343 e. The molecule has 3 aromatic carbocycles. The van der Waals surface area contributed by atoms with E-state index in [4.69, 9.17) is 19.9 Å². The molecule has 1 heterocycles. The van der Waals surface area contributed by atoms with Crippen LogP contribution in [0.25, 0.3) is 10.9 Å². The van der Waals surface area contributed by atoms with Gasteiger partial charge < -0.3 is 24.5 Å². The monoisotopic (exact) mass is 498 g/mol. The van der Waals surface area contributed by atoms with Crippen LogP contribution >= 0.6 is 0 Å². The molecule has 4 aromatic rings. The van der Waals surface area contributed by atoms with E-state index in [-0.39, 0.29) is 12.5 Å². The van der Waals surface area contributed by atoms with Crippen LogP contribution in [0.3, 0.4) is 0 Å². The number of carbonyl (C=O) groups is 2. The van der Waals surface area contributed by atoms with Crippen molar-refractivity contribution in [3.05, 3.63) is 89.6 Å². The topological polar surface area (TPSA) is 92.8 Å². The molecule has 37 heavy (non-hydrogen) atoms. The molecule has 1 aliphatic carbocycles. The number of hydrogen-bond acceptors (Lipinski definition) is 5. The number of ether oxygens (including phenoxy) is 3. The minimum absolute atomic E-state index is 0.213. The van der Waals surface area contributed by atoms with Gasteiger partial charge in [0.25, 0.3) is 0 Å². The number of methoxy groups -OCH3 is 1. The number of nitrogens with zero attached hydrogens (tertiary/aromatic N) is 1. The van der Waals surface area contributed by atoms with Gasteiger partial charge in [-0.1, -0.05) is 42.8 Å². The number of esters is 1. The van der Waals surface area contributed by atoms with Gasteiger partial charge >= 0.3 is 5.97 Å². The van der Waals surface area contributed by atoms with Crippen molar-refractivity contribution < 1.29 is 23.8 Å². The summed E-state index contributed by atoms with van der Waals surface area (Å²) < 4.78 is 19.0. The number of aromatic nitrogens is 1. The van der Waals surface area contributed by atoms with E-state index in [9.17, 15) is 9.59 Å². The van der Waals surface area contributed by atoms with Crippen molar-refractivity contribution in [2.45, 2.75) is 38.1 Å². The van der Waals surface area contributed by atoms with Crippen molar-refractivity contribution in [1.29, 1.82) is 0 Å². The molecule has 0 bridgehead atoms. The highest BCUT2D eigenvalue weighted by Gasteiger charge is 2.31. The summed E-state index contributed by atoms with van der Waals surface area (Å²) in [6.45, 7) is 0.374. The van der Waals surface area contributed by atoms with Gasteiger partial charge in [0.05, 0.1) is 18.5 Å². The molecule has 7 heteroatoms. The van der Waals surface area contributed by atoms with Crippen molar-refractivity contribution >= 4 is 22.8 Å². The van der Waals surface area contributed by atoms with Crippen LogP contribution in [0.1, 0.15) is 42.0 Å². The highest BCUT2D eigenvalue weighted by Crippen LogP contribution is 2.42. The Morgan fingerprint density at radius 2 is 1.76 bits per heavy atom. The lowest BCUT2D eigenvalue weighted by atomic mass is 9.92. The van der Waals surface area contributed by atoms with Crippen molar-refractivity contribution in [2.75, 3.05) is 13.7 Å². The molecule has 1 aliphatic rings. The zero-order chi connectivity index (χ0) is 25.8. The van der Waals surface area contributed by atoms with E-state index in [2.05, 4.69) is 10.6 Å². The highest BCUT2D eigenvalue weighted by atomic mass is 16.6. The molecule has 1 atom stereocenters. The molecule has 5 rings (SSSR count). The molecule has 1 unspecified atom stereocenters. The molecule has 0 saturated heterocycles. The van der Waals surface area contributed by atoms with Gasteiger partial charge in [0.1, 0.15) is 17.2 Å². The van der Waals surface area contributed by atoms with Gasteiger partial charge in [-0.15, -0.1) is 0 Å².